The predicted octanol–water partition coefficient (Wildman–Crippen LogP) is 1.50. The molecule has 0 aromatic carbocycles. The molecule has 1 aliphatic carbocycles. The van der Waals surface area contributed by atoms with Crippen molar-refractivity contribution < 1.29 is 0 Å². The fourth-order valence-corrected chi connectivity index (χ4v) is 1.53. The Kier molecular flexibility index (Phi) is 3.53. The van der Waals surface area contributed by atoms with Crippen LogP contribution in [0.2, 0.25) is 0 Å². The first-order chi connectivity index (χ1) is 5.70. The molecular weight excluding hydrogens is 148 g/mol. The Hall–Kier alpha value is -0.0800. The van der Waals surface area contributed by atoms with Gasteiger partial charge in [0.05, 0.1) is 0 Å². The van der Waals surface area contributed by atoms with Crippen LogP contribution in [0.1, 0.15) is 39.5 Å². The van der Waals surface area contributed by atoms with Crippen molar-refractivity contribution in [3.8, 4) is 0 Å². The molecule has 2 nitrogen and oxygen atoms in total. The monoisotopic (exact) mass is 170 g/mol. The molecule has 0 spiro atoms. The van der Waals surface area contributed by atoms with Gasteiger partial charge in [-0.2, -0.15) is 0 Å². The van der Waals surface area contributed by atoms with E-state index in [-0.39, 0.29) is 5.54 Å². The predicted molar refractivity (Wildman–Crippen MR) is 53.1 cm³/mol. The molecule has 1 saturated carbocycles. The fourth-order valence-electron chi connectivity index (χ4n) is 1.53. The molecule has 0 radical (unpaired) electrons. The van der Waals surface area contributed by atoms with Gasteiger partial charge in [-0.3, -0.25) is 0 Å². The van der Waals surface area contributed by atoms with Gasteiger partial charge in [0.2, 0.25) is 0 Å². The Bertz CT molecular complexity index is 132. The number of rotatable bonds is 6. The van der Waals surface area contributed by atoms with Crippen LogP contribution in [0.5, 0.6) is 0 Å². The molecule has 0 bridgehead atoms. The molecule has 0 heterocycles. The topological polar surface area (TPSA) is 38.0 Å². The molecule has 1 aliphatic rings. The Morgan fingerprint density at radius 2 is 2.17 bits per heavy atom. The van der Waals surface area contributed by atoms with E-state index in [4.69, 9.17) is 5.73 Å². The van der Waals surface area contributed by atoms with Gasteiger partial charge in [0.1, 0.15) is 0 Å². The van der Waals surface area contributed by atoms with E-state index in [0.717, 1.165) is 12.5 Å². The SMILES string of the molecule is CCCC(C)(CN)NCC1CC1. The lowest BCUT2D eigenvalue weighted by Gasteiger charge is -2.29. The molecule has 72 valence electrons. The lowest BCUT2D eigenvalue weighted by Crippen LogP contribution is -2.49. The summed E-state index contributed by atoms with van der Waals surface area (Å²) in [6.07, 6.45) is 5.24. The summed E-state index contributed by atoms with van der Waals surface area (Å²) in [5, 5.41) is 3.58. The van der Waals surface area contributed by atoms with Crippen molar-refractivity contribution in [3.05, 3.63) is 0 Å². The van der Waals surface area contributed by atoms with Crippen molar-refractivity contribution in [2.45, 2.75) is 45.1 Å². The minimum absolute atomic E-state index is 0.192. The molecule has 3 N–H and O–H groups in total. The summed E-state index contributed by atoms with van der Waals surface area (Å²) in [5.74, 6) is 0.952. The van der Waals surface area contributed by atoms with E-state index >= 15 is 0 Å². The minimum atomic E-state index is 0.192. The van der Waals surface area contributed by atoms with E-state index in [0.29, 0.717) is 0 Å². The van der Waals surface area contributed by atoms with Crippen LogP contribution in [-0.4, -0.2) is 18.6 Å². The maximum absolute atomic E-state index is 5.74. The van der Waals surface area contributed by atoms with Gasteiger partial charge >= 0.3 is 0 Å². The molecule has 0 aromatic heterocycles. The first-order valence-electron chi connectivity index (χ1n) is 5.15. The molecule has 0 amide bonds. The van der Waals surface area contributed by atoms with Gasteiger partial charge in [0.15, 0.2) is 0 Å². The molecule has 2 heteroatoms. The molecule has 1 unspecified atom stereocenters. The van der Waals surface area contributed by atoms with E-state index in [1.807, 2.05) is 0 Å². The molecule has 1 atom stereocenters. The lowest BCUT2D eigenvalue weighted by atomic mass is 9.96. The molecule has 1 fully saturated rings. The molecule has 0 aliphatic heterocycles. The molecule has 1 rings (SSSR count). The summed E-state index contributed by atoms with van der Waals surface area (Å²) in [6, 6.07) is 0. The second-order valence-corrected chi connectivity index (χ2v) is 4.34. The molecular formula is C10H22N2. The maximum atomic E-state index is 5.74. The van der Waals surface area contributed by atoms with Gasteiger partial charge in [-0.1, -0.05) is 13.3 Å². The van der Waals surface area contributed by atoms with Crippen LogP contribution in [0.15, 0.2) is 0 Å². The van der Waals surface area contributed by atoms with Gasteiger partial charge in [-0.05, 0) is 38.6 Å². The number of nitrogens with one attached hydrogen (secondary N) is 1. The Morgan fingerprint density at radius 3 is 2.58 bits per heavy atom. The van der Waals surface area contributed by atoms with Crippen LogP contribution in [0.3, 0.4) is 0 Å². The second kappa shape index (κ2) is 4.24. The normalized spacial score (nSPS) is 22.2. The highest BCUT2D eigenvalue weighted by atomic mass is 15.0. The molecule has 12 heavy (non-hydrogen) atoms. The van der Waals surface area contributed by atoms with Crippen molar-refractivity contribution in [1.82, 2.24) is 5.32 Å². The summed E-state index contributed by atoms with van der Waals surface area (Å²) in [4.78, 5) is 0. The Labute approximate surface area is 75.9 Å². The zero-order valence-corrected chi connectivity index (χ0v) is 8.40. The summed E-state index contributed by atoms with van der Waals surface area (Å²) in [6.45, 7) is 6.38. The van der Waals surface area contributed by atoms with E-state index in [1.54, 1.807) is 0 Å². The summed E-state index contributed by atoms with van der Waals surface area (Å²) in [5.41, 5.74) is 5.93. The van der Waals surface area contributed by atoms with Gasteiger partial charge in [0, 0.05) is 12.1 Å². The second-order valence-electron chi connectivity index (χ2n) is 4.34. The average Bonchev–Trinajstić information content (AvgIpc) is 2.85. The van der Waals surface area contributed by atoms with Crippen LogP contribution < -0.4 is 11.1 Å². The van der Waals surface area contributed by atoms with Crippen molar-refractivity contribution in [2.75, 3.05) is 13.1 Å². The van der Waals surface area contributed by atoms with Crippen LogP contribution in [0.25, 0.3) is 0 Å². The van der Waals surface area contributed by atoms with Crippen molar-refractivity contribution in [1.29, 1.82) is 0 Å². The van der Waals surface area contributed by atoms with Crippen molar-refractivity contribution >= 4 is 0 Å². The van der Waals surface area contributed by atoms with E-state index in [1.165, 1.54) is 32.2 Å². The first kappa shape index (κ1) is 10.0. The molecule has 0 saturated heterocycles. The number of hydrogen-bond donors (Lipinski definition) is 2. The van der Waals surface area contributed by atoms with Gasteiger partial charge in [-0.25, -0.2) is 0 Å². The number of nitrogens with two attached hydrogens (primary N) is 1. The van der Waals surface area contributed by atoms with Crippen LogP contribution >= 0.6 is 0 Å². The third-order valence-electron chi connectivity index (χ3n) is 2.77. The third-order valence-corrected chi connectivity index (χ3v) is 2.77. The van der Waals surface area contributed by atoms with Gasteiger partial charge in [-0.15, -0.1) is 0 Å². The van der Waals surface area contributed by atoms with Crippen LogP contribution in [-0.2, 0) is 0 Å². The standard InChI is InChI=1S/C10H22N2/c1-3-6-10(2,8-11)12-7-9-4-5-9/h9,12H,3-8,11H2,1-2H3. The largest absolute Gasteiger partial charge is 0.329 e. The Morgan fingerprint density at radius 1 is 1.50 bits per heavy atom. The summed E-state index contributed by atoms with van der Waals surface area (Å²) < 4.78 is 0. The van der Waals surface area contributed by atoms with E-state index in [9.17, 15) is 0 Å². The van der Waals surface area contributed by atoms with Gasteiger partial charge < -0.3 is 11.1 Å². The highest BCUT2D eigenvalue weighted by molar-refractivity contribution is 4.86. The first-order valence-corrected chi connectivity index (χ1v) is 5.15. The summed E-state index contributed by atoms with van der Waals surface area (Å²) >= 11 is 0. The van der Waals surface area contributed by atoms with E-state index < -0.39 is 0 Å². The van der Waals surface area contributed by atoms with Crippen LogP contribution in [0.4, 0.5) is 0 Å². The number of hydrogen-bond acceptors (Lipinski definition) is 2. The molecule has 0 aromatic rings. The van der Waals surface area contributed by atoms with E-state index in [2.05, 4.69) is 19.2 Å². The zero-order valence-electron chi connectivity index (χ0n) is 8.40. The highest BCUT2D eigenvalue weighted by Crippen LogP contribution is 2.28. The summed E-state index contributed by atoms with van der Waals surface area (Å²) in [7, 11) is 0. The van der Waals surface area contributed by atoms with Crippen LogP contribution in [0, 0.1) is 5.92 Å². The zero-order chi connectivity index (χ0) is 9.03. The lowest BCUT2D eigenvalue weighted by molar-refractivity contribution is 0.331. The maximum Gasteiger partial charge on any atom is 0.0275 e. The quantitative estimate of drug-likeness (QED) is 0.634. The average molecular weight is 170 g/mol. The van der Waals surface area contributed by atoms with Crippen molar-refractivity contribution in [2.24, 2.45) is 11.7 Å². The van der Waals surface area contributed by atoms with Crippen molar-refractivity contribution in [3.63, 3.8) is 0 Å². The minimum Gasteiger partial charge on any atom is -0.329 e. The smallest absolute Gasteiger partial charge is 0.0275 e. The third kappa shape index (κ3) is 3.11. The Balaban J connectivity index is 2.20. The highest BCUT2D eigenvalue weighted by Gasteiger charge is 2.26. The fraction of sp³-hybridized carbons (Fsp3) is 1.00. The van der Waals surface area contributed by atoms with Gasteiger partial charge in [0.25, 0.3) is 0 Å².